The number of carbonyl (C=O) groups is 4. The number of hydrogen-bond donors (Lipinski definition) is 2. The molecule has 53 heavy (non-hydrogen) atoms. The van der Waals surface area contributed by atoms with Gasteiger partial charge in [-0.15, -0.1) is 0 Å². The monoisotopic (exact) mass is 764 g/mol. The minimum absolute atomic E-state index is 0.0369. The van der Waals surface area contributed by atoms with E-state index in [0.29, 0.717) is 49.2 Å². The van der Waals surface area contributed by atoms with Crippen molar-refractivity contribution in [2.75, 3.05) is 26.4 Å². The maximum Gasteiger partial charge on any atom is 0.327 e. The van der Waals surface area contributed by atoms with Crippen LogP contribution in [-0.2, 0) is 49.1 Å². The standard InChI is InChI=1S/C40H42Cl2N2O9/c1-7-50-34(45)38(5,35(46)51-8-2)21-11-13-23-24-19-28(42)25(20-31(24)43-30(23)17-21)32-26(39(6,36(47)52-9-3)37(48)53-10-4)15-16-40(49)27-18-22(41)12-14-29(27)44-33(32)40/h11-14,17-20,26,32,43,49H,7-10,15-16H2,1-6H3. The fraction of sp³-hybridized carbons (Fsp3) is 0.425. The van der Waals surface area contributed by atoms with Gasteiger partial charge in [-0.2, -0.15) is 0 Å². The molecule has 0 spiro atoms. The average Bonchev–Trinajstić information content (AvgIpc) is 3.63. The van der Waals surface area contributed by atoms with Crippen LogP contribution in [0, 0.1) is 11.3 Å². The molecule has 4 aromatic rings. The van der Waals surface area contributed by atoms with Gasteiger partial charge < -0.3 is 29.0 Å². The molecule has 6 rings (SSSR count). The number of aliphatic imine (C=N–C) groups is 1. The third-order valence-corrected chi connectivity index (χ3v) is 11.3. The van der Waals surface area contributed by atoms with Crippen LogP contribution in [0.5, 0.6) is 0 Å². The third kappa shape index (κ3) is 6.06. The van der Waals surface area contributed by atoms with Gasteiger partial charge in [0.25, 0.3) is 0 Å². The Labute approximate surface area is 316 Å². The van der Waals surface area contributed by atoms with E-state index in [0.717, 1.165) is 10.8 Å². The third-order valence-electron chi connectivity index (χ3n) is 10.7. The van der Waals surface area contributed by atoms with Crippen molar-refractivity contribution in [2.45, 2.75) is 71.3 Å². The van der Waals surface area contributed by atoms with Crippen LogP contribution in [-0.4, -0.2) is 66.1 Å². The van der Waals surface area contributed by atoms with Gasteiger partial charge in [0.1, 0.15) is 5.60 Å². The normalized spacial score (nSPS) is 19.7. The first kappa shape index (κ1) is 38.3. The summed E-state index contributed by atoms with van der Waals surface area (Å²) in [4.78, 5) is 62.4. The van der Waals surface area contributed by atoms with E-state index in [4.69, 9.17) is 47.1 Å². The number of nitrogens with one attached hydrogen (secondary N) is 1. The van der Waals surface area contributed by atoms with Crippen LogP contribution in [0.4, 0.5) is 5.69 Å². The Hall–Kier alpha value is -4.45. The van der Waals surface area contributed by atoms with Crippen LogP contribution in [0.25, 0.3) is 21.8 Å². The van der Waals surface area contributed by atoms with Gasteiger partial charge in [-0.05, 0) is 108 Å². The van der Waals surface area contributed by atoms with Gasteiger partial charge in [0.2, 0.25) is 0 Å². The number of benzene rings is 3. The summed E-state index contributed by atoms with van der Waals surface area (Å²) in [5.41, 5.74) is -1.62. The van der Waals surface area contributed by atoms with E-state index >= 15 is 0 Å². The molecule has 2 aliphatic rings. The highest BCUT2D eigenvalue weighted by Crippen LogP contribution is 2.58. The Morgan fingerprint density at radius 3 is 2.00 bits per heavy atom. The minimum atomic E-state index is -1.80. The summed E-state index contributed by atoms with van der Waals surface area (Å²) in [5.74, 6) is -4.64. The number of ether oxygens (including phenoxy) is 4. The van der Waals surface area contributed by atoms with Crippen LogP contribution in [0.15, 0.2) is 53.5 Å². The van der Waals surface area contributed by atoms with Crippen molar-refractivity contribution in [2.24, 2.45) is 16.3 Å². The van der Waals surface area contributed by atoms with Crippen molar-refractivity contribution in [3.63, 3.8) is 0 Å². The van der Waals surface area contributed by atoms with Crippen molar-refractivity contribution in [3.05, 3.63) is 75.3 Å². The largest absolute Gasteiger partial charge is 0.465 e. The molecule has 11 nitrogen and oxygen atoms in total. The van der Waals surface area contributed by atoms with Crippen molar-refractivity contribution in [1.29, 1.82) is 0 Å². The molecule has 1 aliphatic heterocycles. The molecule has 0 bridgehead atoms. The first-order chi connectivity index (χ1) is 25.2. The topological polar surface area (TPSA) is 154 Å². The molecule has 13 heteroatoms. The smallest absolute Gasteiger partial charge is 0.327 e. The molecule has 2 heterocycles. The Morgan fingerprint density at radius 2 is 1.40 bits per heavy atom. The first-order valence-corrected chi connectivity index (χ1v) is 18.5. The number of halogens is 2. The zero-order valence-corrected chi connectivity index (χ0v) is 31.9. The van der Waals surface area contributed by atoms with Gasteiger partial charge in [-0.3, -0.25) is 24.2 Å². The summed E-state index contributed by atoms with van der Waals surface area (Å²) in [6, 6.07) is 13.9. The van der Waals surface area contributed by atoms with E-state index in [9.17, 15) is 24.3 Å². The predicted molar refractivity (Wildman–Crippen MR) is 201 cm³/mol. The second-order valence-electron chi connectivity index (χ2n) is 13.7. The number of H-pyrrole nitrogens is 1. The minimum Gasteiger partial charge on any atom is -0.465 e. The lowest BCUT2D eigenvalue weighted by atomic mass is 9.58. The molecular weight excluding hydrogens is 723 g/mol. The highest BCUT2D eigenvalue weighted by Gasteiger charge is 2.61. The molecule has 3 unspecified atom stereocenters. The number of esters is 4. The highest BCUT2D eigenvalue weighted by molar-refractivity contribution is 6.33. The van der Waals surface area contributed by atoms with Gasteiger partial charge >= 0.3 is 23.9 Å². The van der Waals surface area contributed by atoms with Crippen LogP contribution in [0.1, 0.15) is 77.0 Å². The maximum atomic E-state index is 13.8. The highest BCUT2D eigenvalue weighted by atomic mass is 35.5. The Bertz CT molecular complexity index is 2140. The molecule has 2 N–H and O–H groups in total. The number of nitrogens with zero attached hydrogens (tertiary/aromatic N) is 1. The molecule has 0 saturated heterocycles. The summed E-state index contributed by atoms with van der Waals surface area (Å²) in [7, 11) is 0. The first-order valence-electron chi connectivity index (χ1n) is 17.8. The maximum absolute atomic E-state index is 13.8. The fourth-order valence-electron chi connectivity index (χ4n) is 7.91. The molecule has 0 amide bonds. The Kier molecular flexibility index (Phi) is 10.4. The number of carbonyl (C=O) groups excluding carboxylic acids is 4. The summed E-state index contributed by atoms with van der Waals surface area (Å²) in [6.45, 7) is 9.88. The lowest BCUT2D eigenvalue weighted by molar-refractivity contribution is -0.176. The Balaban J connectivity index is 1.56. The number of aromatic amines is 1. The van der Waals surface area contributed by atoms with Crippen molar-refractivity contribution in [1.82, 2.24) is 4.98 Å². The summed E-state index contributed by atoms with van der Waals surface area (Å²) < 4.78 is 21.6. The van der Waals surface area contributed by atoms with Crippen LogP contribution >= 0.6 is 23.2 Å². The molecule has 1 aromatic heterocycles. The Morgan fingerprint density at radius 1 is 0.811 bits per heavy atom. The van der Waals surface area contributed by atoms with Gasteiger partial charge in [0.15, 0.2) is 10.8 Å². The molecule has 280 valence electrons. The van der Waals surface area contributed by atoms with E-state index in [2.05, 4.69) is 4.98 Å². The molecule has 1 aliphatic carbocycles. The van der Waals surface area contributed by atoms with Crippen molar-refractivity contribution < 1.29 is 43.2 Å². The second-order valence-corrected chi connectivity index (χ2v) is 14.5. The van der Waals surface area contributed by atoms with Gasteiger partial charge in [0, 0.05) is 43.3 Å². The predicted octanol–water partition coefficient (Wildman–Crippen LogP) is 7.61. The van der Waals surface area contributed by atoms with Crippen LogP contribution in [0.2, 0.25) is 10.0 Å². The number of aliphatic hydroxyl groups is 1. The summed E-state index contributed by atoms with van der Waals surface area (Å²) >= 11 is 13.6. The summed E-state index contributed by atoms with van der Waals surface area (Å²) in [5, 5.41) is 14.6. The molecule has 3 aromatic carbocycles. The quantitative estimate of drug-likeness (QED) is 0.0893. The van der Waals surface area contributed by atoms with Gasteiger partial charge in [0.05, 0.1) is 37.8 Å². The van der Waals surface area contributed by atoms with E-state index < -0.39 is 52.1 Å². The molecule has 1 fully saturated rings. The molecular formula is C40H42Cl2N2O9. The number of fused-ring (bicyclic) bond motifs is 6. The van der Waals surface area contributed by atoms with Crippen LogP contribution < -0.4 is 0 Å². The molecule has 3 atom stereocenters. The number of rotatable bonds is 11. The van der Waals surface area contributed by atoms with Gasteiger partial charge in [-0.1, -0.05) is 35.3 Å². The lowest BCUT2D eigenvalue weighted by Crippen LogP contribution is -2.54. The molecule has 1 saturated carbocycles. The van der Waals surface area contributed by atoms with E-state index in [1.165, 1.54) is 13.8 Å². The lowest BCUT2D eigenvalue weighted by Gasteiger charge is -2.46. The second kappa shape index (κ2) is 14.4. The van der Waals surface area contributed by atoms with Gasteiger partial charge in [-0.25, -0.2) is 0 Å². The zero-order valence-electron chi connectivity index (χ0n) is 30.4. The van der Waals surface area contributed by atoms with Crippen molar-refractivity contribution >= 4 is 80.3 Å². The zero-order chi connectivity index (χ0) is 38.5. The van der Waals surface area contributed by atoms with Crippen molar-refractivity contribution in [3.8, 4) is 0 Å². The van der Waals surface area contributed by atoms with E-state index in [1.807, 2.05) is 6.07 Å². The summed E-state index contributed by atoms with van der Waals surface area (Å²) in [6.07, 6.45) is 0.342. The number of aromatic nitrogens is 1. The molecule has 0 radical (unpaired) electrons. The number of hydrogen-bond acceptors (Lipinski definition) is 10. The van der Waals surface area contributed by atoms with Crippen LogP contribution in [0.3, 0.4) is 0 Å². The average molecular weight is 766 g/mol. The fourth-order valence-corrected chi connectivity index (χ4v) is 8.36. The van der Waals surface area contributed by atoms with E-state index in [1.54, 1.807) is 70.2 Å². The SMILES string of the molecule is CCOC(=O)C(C)(C(=O)OCC)c1ccc2c(c1)[nH]c1cc(C3C4=Nc5ccc(Cl)cc5C4(O)CCC3C(C)(C(=O)OCC)C(=O)OCC)c(Cl)cc12. The van der Waals surface area contributed by atoms with E-state index in [-0.39, 0.29) is 39.3 Å².